The third-order valence-corrected chi connectivity index (χ3v) is 3.02. The van der Waals surface area contributed by atoms with Crippen LogP contribution in [0.4, 0.5) is 23.8 Å². The van der Waals surface area contributed by atoms with Crippen molar-refractivity contribution in [1.82, 2.24) is 29.9 Å². The molecule has 12 nitrogen and oxygen atoms in total. The van der Waals surface area contributed by atoms with Crippen LogP contribution in [0.15, 0.2) is 0 Å². The third-order valence-electron chi connectivity index (χ3n) is 3.02. The number of aromatic nitrogens is 6. The van der Waals surface area contributed by atoms with Crippen molar-refractivity contribution >= 4 is 23.8 Å². The molecule has 12 heteroatoms. The highest BCUT2D eigenvalue weighted by atomic mass is 16.7. The first-order chi connectivity index (χ1) is 12.0. The lowest BCUT2D eigenvalue weighted by Crippen LogP contribution is -2.20. The summed E-state index contributed by atoms with van der Waals surface area (Å²) in [5.74, 6) is 1.28. The van der Waals surface area contributed by atoms with Gasteiger partial charge in [0.25, 0.3) is 0 Å². The summed E-state index contributed by atoms with van der Waals surface area (Å²) < 4.78 is 11.3. The van der Waals surface area contributed by atoms with Crippen LogP contribution < -0.4 is 22.9 Å². The molecule has 2 aromatic heterocycles. The smallest absolute Gasteiger partial charge is 0.225 e. The van der Waals surface area contributed by atoms with Crippen LogP contribution >= 0.6 is 0 Å². The summed E-state index contributed by atoms with van der Waals surface area (Å²) in [6.07, 6.45) is 1.17. The fraction of sp³-hybridized carbons (Fsp3) is 0.538. The molecule has 0 amide bonds. The molecule has 2 aromatic rings. The third kappa shape index (κ3) is 6.27. The van der Waals surface area contributed by atoms with Gasteiger partial charge in [0, 0.05) is 12.8 Å². The highest BCUT2D eigenvalue weighted by Crippen LogP contribution is 2.06. The van der Waals surface area contributed by atoms with E-state index in [1.807, 2.05) is 6.92 Å². The number of anilines is 4. The molecule has 0 saturated carbocycles. The van der Waals surface area contributed by atoms with Gasteiger partial charge in [0.15, 0.2) is 6.29 Å². The van der Waals surface area contributed by atoms with Gasteiger partial charge in [-0.3, -0.25) is 0 Å². The lowest BCUT2D eigenvalue weighted by Gasteiger charge is -2.16. The predicted molar refractivity (Wildman–Crippen MR) is 90.7 cm³/mol. The Balaban J connectivity index is 1.74. The fourth-order valence-electron chi connectivity index (χ4n) is 1.98. The van der Waals surface area contributed by atoms with Crippen LogP contribution in [0.25, 0.3) is 0 Å². The Hall–Kier alpha value is -2.86. The van der Waals surface area contributed by atoms with Gasteiger partial charge in [-0.15, -0.1) is 0 Å². The molecule has 8 N–H and O–H groups in total. The van der Waals surface area contributed by atoms with Crippen molar-refractivity contribution in [3.63, 3.8) is 0 Å². The summed E-state index contributed by atoms with van der Waals surface area (Å²) in [4.78, 5) is 23.4. The molecule has 0 aliphatic rings. The van der Waals surface area contributed by atoms with Crippen molar-refractivity contribution in [1.29, 1.82) is 0 Å². The van der Waals surface area contributed by atoms with Crippen LogP contribution in [0.5, 0.6) is 0 Å². The fourth-order valence-corrected chi connectivity index (χ4v) is 1.98. The first-order valence-electron chi connectivity index (χ1n) is 7.71. The van der Waals surface area contributed by atoms with Gasteiger partial charge < -0.3 is 32.4 Å². The lowest BCUT2D eigenvalue weighted by molar-refractivity contribution is -0.142. The molecule has 0 saturated heterocycles. The van der Waals surface area contributed by atoms with Crippen LogP contribution in [-0.4, -0.2) is 49.4 Å². The first kappa shape index (κ1) is 18.5. The van der Waals surface area contributed by atoms with Crippen molar-refractivity contribution in [3.8, 4) is 0 Å². The average Bonchev–Trinajstić information content (AvgIpc) is 2.51. The van der Waals surface area contributed by atoms with Crippen LogP contribution in [-0.2, 0) is 22.3 Å². The Morgan fingerprint density at radius 2 is 1.04 bits per heavy atom. The molecule has 0 aromatic carbocycles. The summed E-state index contributed by atoms with van der Waals surface area (Å²) >= 11 is 0. The molecule has 0 unspecified atom stereocenters. The van der Waals surface area contributed by atoms with Crippen molar-refractivity contribution in [2.75, 3.05) is 36.1 Å². The SMILES string of the molecule is CCC(OCCc1nc(N)nc(N)n1)OCCc1nc(N)nc(N)n1. The molecule has 2 heterocycles. The molecule has 0 fully saturated rings. The topological polar surface area (TPSA) is 200 Å². The summed E-state index contributed by atoms with van der Waals surface area (Å²) in [6, 6.07) is 0. The Kier molecular flexibility index (Phi) is 6.54. The Bertz CT molecular complexity index is 601. The summed E-state index contributed by atoms with van der Waals surface area (Å²) in [5, 5.41) is 0. The number of nitrogen functional groups attached to an aromatic ring is 4. The van der Waals surface area contributed by atoms with Crippen LogP contribution in [0.3, 0.4) is 0 Å². The highest BCUT2D eigenvalue weighted by molar-refractivity contribution is 5.26. The molecule has 0 aliphatic carbocycles. The van der Waals surface area contributed by atoms with Gasteiger partial charge in [0.1, 0.15) is 11.6 Å². The maximum Gasteiger partial charge on any atom is 0.225 e. The number of nitrogens with zero attached hydrogens (tertiary/aromatic N) is 6. The van der Waals surface area contributed by atoms with E-state index < -0.39 is 0 Å². The molecule has 136 valence electrons. The zero-order valence-electron chi connectivity index (χ0n) is 13.9. The minimum absolute atomic E-state index is 0.0849. The minimum atomic E-state index is -0.381. The van der Waals surface area contributed by atoms with E-state index in [0.29, 0.717) is 44.1 Å². The number of rotatable bonds is 9. The maximum absolute atomic E-state index is 5.65. The van der Waals surface area contributed by atoms with Crippen molar-refractivity contribution < 1.29 is 9.47 Å². The van der Waals surface area contributed by atoms with Gasteiger partial charge in [-0.2, -0.15) is 29.9 Å². The molecule has 2 rings (SSSR count). The molecular formula is C13H22N10O2. The van der Waals surface area contributed by atoms with E-state index in [0.717, 1.165) is 0 Å². The maximum atomic E-state index is 5.65. The standard InChI is InChI=1S/C13H22N10O2/c1-2-9(24-5-3-7-18-10(14)22-11(15)19-7)25-6-4-8-20-12(16)23-13(17)21-8/h9H,2-6H2,1H3,(H4,14,15,18,19,22)(H4,16,17,20,21,23). The second-order valence-corrected chi connectivity index (χ2v) is 5.02. The Morgan fingerprint density at radius 3 is 1.36 bits per heavy atom. The first-order valence-corrected chi connectivity index (χ1v) is 7.71. The molecule has 0 bridgehead atoms. The normalized spacial score (nSPS) is 11.1. The van der Waals surface area contributed by atoms with E-state index in [-0.39, 0.29) is 30.1 Å². The van der Waals surface area contributed by atoms with E-state index in [1.165, 1.54) is 0 Å². The summed E-state index contributed by atoms with van der Waals surface area (Å²) in [7, 11) is 0. The van der Waals surface area contributed by atoms with Crippen molar-refractivity contribution in [3.05, 3.63) is 11.6 Å². The van der Waals surface area contributed by atoms with Gasteiger partial charge in [-0.25, -0.2) is 0 Å². The monoisotopic (exact) mass is 350 g/mol. The molecular weight excluding hydrogens is 328 g/mol. The van der Waals surface area contributed by atoms with Crippen LogP contribution in [0.2, 0.25) is 0 Å². The summed E-state index contributed by atoms with van der Waals surface area (Å²) in [5.41, 5.74) is 22.1. The van der Waals surface area contributed by atoms with Gasteiger partial charge in [-0.1, -0.05) is 6.92 Å². The number of ether oxygens (including phenoxy) is 2. The quantitative estimate of drug-likeness (QED) is 0.400. The van der Waals surface area contributed by atoms with Gasteiger partial charge in [0.05, 0.1) is 13.2 Å². The van der Waals surface area contributed by atoms with Crippen molar-refractivity contribution in [2.24, 2.45) is 0 Å². The molecule has 0 radical (unpaired) electrons. The largest absolute Gasteiger partial charge is 0.368 e. The van der Waals surface area contributed by atoms with E-state index in [1.54, 1.807) is 0 Å². The average molecular weight is 350 g/mol. The van der Waals surface area contributed by atoms with Gasteiger partial charge >= 0.3 is 0 Å². The molecule has 0 spiro atoms. The molecule has 0 atom stereocenters. The van der Waals surface area contributed by atoms with Crippen LogP contribution in [0.1, 0.15) is 25.0 Å². The van der Waals surface area contributed by atoms with E-state index in [2.05, 4.69) is 29.9 Å². The Morgan fingerprint density at radius 1 is 0.680 bits per heavy atom. The van der Waals surface area contributed by atoms with E-state index in [4.69, 9.17) is 32.4 Å². The number of nitrogens with two attached hydrogens (primary N) is 4. The number of hydrogen-bond donors (Lipinski definition) is 4. The summed E-state index contributed by atoms with van der Waals surface area (Å²) in [6.45, 7) is 2.66. The van der Waals surface area contributed by atoms with Crippen LogP contribution in [0, 0.1) is 0 Å². The molecule has 25 heavy (non-hydrogen) atoms. The van der Waals surface area contributed by atoms with Gasteiger partial charge in [0.2, 0.25) is 23.8 Å². The zero-order valence-corrected chi connectivity index (χ0v) is 13.9. The second kappa shape index (κ2) is 8.84. The minimum Gasteiger partial charge on any atom is -0.368 e. The van der Waals surface area contributed by atoms with Gasteiger partial charge in [-0.05, 0) is 6.42 Å². The van der Waals surface area contributed by atoms with Crippen molar-refractivity contribution in [2.45, 2.75) is 32.5 Å². The van der Waals surface area contributed by atoms with E-state index in [9.17, 15) is 0 Å². The zero-order chi connectivity index (χ0) is 18.2. The Labute approximate surface area is 144 Å². The highest BCUT2D eigenvalue weighted by Gasteiger charge is 2.10. The van der Waals surface area contributed by atoms with E-state index >= 15 is 0 Å². The molecule has 0 aliphatic heterocycles. The predicted octanol–water partition coefficient (Wildman–Crippen LogP) is -1.06. The lowest BCUT2D eigenvalue weighted by atomic mass is 10.4. The second-order valence-electron chi connectivity index (χ2n) is 5.02. The number of hydrogen-bond acceptors (Lipinski definition) is 12.